The Balaban J connectivity index is 1.80. The van der Waals surface area contributed by atoms with Crippen LogP contribution >= 0.6 is 0 Å². The molecule has 2 aliphatic rings. The number of hydrogen-bond acceptors (Lipinski definition) is 3. The molecule has 0 aromatic rings. The number of carbonyl (C=O) groups excluding carboxylic acids is 1. The molecule has 0 aliphatic carbocycles. The standard InChI is InChI=1S/C11H20N2O2/c1-11(2,12)6-10(14)13-8-5-7-3-4-9(8)15-7/h7-9H,3-6,12H2,1-2H3,(H,13,14). The van der Waals surface area contributed by atoms with Crippen molar-refractivity contribution in [3.8, 4) is 0 Å². The highest BCUT2D eigenvalue weighted by atomic mass is 16.5. The molecule has 4 nitrogen and oxygen atoms in total. The van der Waals surface area contributed by atoms with E-state index in [-0.39, 0.29) is 18.1 Å². The van der Waals surface area contributed by atoms with E-state index in [2.05, 4.69) is 5.32 Å². The zero-order valence-electron chi connectivity index (χ0n) is 9.45. The summed E-state index contributed by atoms with van der Waals surface area (Å²) in [7, 11) is 0. The van der Waals surface area contributed by atoms with E-state index < -0.39 is 5.54 Å². The Hall–Kier alpha value is -0.610. The molecule has 0 aromatic carbocycles. The molecule has 1 amide bonds. The normalized spacial score (nSPS) is 34.5. The van der Waals surface area contributed by atoms with Gasteiger partial charge in [0, 0.05) is 12.0 Å². The fourth-order valence-corrected chi connectivity index (χ4v) is 2.46. The topological polar surface area (TPSA) is 64.4 Å². The molecule has 2 saturated heterocycles. The zero-order chi connectivity index (χ0) is 11.1. The lowest BCUT2D eigenvalue weighted by molar-refractivity contribution is -0.123. The lowest BCUT2D eigenvalue weighted by atomic mass is 9.94. The van der Waals surface area contributed by atoms with Gasteiger partial charge in [0.2, 0.25) is 5.91 Å². The van der Waals surface area contributed by atoms with Crippen molar-refractivity contribution in [3.05, 3.63) is 0 Å². The summed E-state index contributed by atoms with van der Waals surface area (Å²) in [6.45, 7) is 3.73. The van der Waals surface area contributed by atoms with Gasteiger partial charge in [-0.25, -0.2) is 0 Å². The molecular formula is C11H20N2O2. The molecule has 2 fully saturated rings. The largest absolute Gasteiger partial charge is 0.373 e. The molecule has 15 heavy (non-hydrogen) atoms. The van der Waals surface area contributed by atoms with E-state index in [4.69, 9.17) is 10.5 Å². The number of hydrogen-bond donors (Lipinski definition) is 2. The van der Waals surface area contributed by atoms with Crippen LogP contribution in [-0.2, 0) is 9.53 Å². The van der Waals surface area contributed by atoms with Crippen molar-refractivity contribution in [1.29, 1.82) is 0 Å². The molecular weight excluding hydrogens is 192 g/mol. The highest BCUT2D eigenvalue weighted by molar-refractivity contribution is 5.77. The Bertz CT molecular complexity index is 260. The van der Waals surface area contributed by atoms with E-state index in [0.717, 1.165) is 19.3 Å². The number of nitrogens with one attached hydrogen (secondary N) is 1. The smallest absolute Gasteiger partial charge is 0.222 e. The summed E-state index contributed by atoms with van der Waals surface area (Å²) in [6, 6.07) is 0.221. The lowest BCUT2D eigenvalue weighted by Gasteiger charge is -2.23. The van der Waals surface area contributed by atoms with Crippen LogP contribution in [0.2, 0.25) is 0 Å². The summed E-state index contributed by atoms with van der Waals surface area (Å²) in [6.07, 6.45) is 4.22. The van der Waals surface area contributed by atoms with E-state index in [9.17, 15) is 4.79 Å². The maximum absolute atomic E-state index is 11.6. The van der Waals surface area contributed by atoms with Crippen LogP contribution < -0.4 is 11.1 Å². The minimum absolute atomic E-state index is 0.0450. The van der Waals surface area contributed by atoms with Gasteiger partial charge >= 0.3 is 0 Å². The predicted molar refractivity (Wildman–Crippen MR) is 57.3 cm³/mol. The minimum atomic E-state index is -0.428. The third-order valence-electron chi connectivity index (χ3n) is 3.07. The maximum Gasteiger partial charge on any atom is 0.222 e. The number of ether oxygens (including phenoxy) is 1. The van der Waals surface area contributed by atoms with Crippen LogP contribution in [0.15, 0.2) is 0 Å². The summed E-state index contributed by atoms with van der Waals surface area (Å²) in [5, 5.41) is 3.02. The summed E-state index contributed by atoms with van der Waals surface area (Å²) in [4.78, 5) is 11.6. The van der Waals surface area contributed by atoms with Gasteiger partial charge in [0.1, 0.15) is 0 Å². The van der Waals surface area contributed by atoms with E-state index >= 15 is 0 Å². The van der Waals surface area contributed by atoms with Gasteiger partial charge in [-0.1, -0.05) is 0 Å². The predicted octanol–water partition coefficient (Wildman–Crippen LogP) is 0.550. The molecule has 0 saturated carbocycles. The highest BCUT2D eigenvalue weighted by Crippen LogP contribution is 2.34. The Morgan fingerprint density at radius 1 is 1.53 bits per heavy atom. The average Bonchev–Trinajstić information content (AvgIpc) is 2.60. The second-order valence-corrected chi connectivity index (χ2v) is 5.45. The van der Waals surface area contributed by atoms with Crippen LogP contribution in [0.4, 0.5) is 0 Å². The van der Waals surface area contributed by atoms with Crippen LogP contribution in [0, 0.1) is 0 Å². The van der Waals surface area contributed by atoms with Crippen LogP contribution in [0.3, 0.4) is 0 Å². The monoisotopic (exact) mass is 212 g/mol. The van der Waals surface area contributed by atoms with Crippen LogP contribution in [0.1, 0.15) is 39.5 Å². The molecule has 0 radical (unpaired) electrons. The fraction of sp³-hybridized carbons (Fsp3) is 0.909. The highest BCUT2D eigenvalue weighted by Gasteiger charge is 2.41. The fourth-order valence-electron chi connectivity index (χ4n) is 2.46. The van der Waals surface area contributed by atoms with Crippen molar-refractivity contribution >= 4 is 5.91 Å². The van der Waals surface area contributed by atoms with Crippen molar-refractivity contribution in [2.75, 3.05) is 0 Å². The summed E-state index contributed by atoms with van der Waals surface area (Å²) < 4.78 is 5.67. The average molecular weight is 212 g/mol. The second kappa shape index (κ2) is 3.76. The lowest BCUT2D eigenvalue weighted by Crippen LogP contribution is -2.45. The second-order valence-electron chi connectivity index (χ2n) is 5.45. The first-order valence-corrected chi connectivity index (χ1v) is 5.68. The molecule has 3 unspecified atom stereocenters. The van der Waals surface area contributed by atoms with Gasteiger partial charge in [-0.2, -0.15) is 0 Å². The van der Waals surface area contributed by atoms with Gasteiger partial charge in [0.25, 0.3) is 0 Å². The Labute approximate surface area is 90.5 Å². The van der Waals surface area contributed by atoms with E-state index in [1.807, 2.05) is 13.8 Å². The van der Waals surface area contributed by atoms with Crippen molar-refractivity contribution in [3.63, 3.8) is 0 Å². The quantitative estimate of drug-likeness (QED) is 0.718. The SMILES string of the molecule is CC(C)(N)CC(=O)NC1CC2CCC1O2. The number of fused-ring (bicyclic) bond motifs is 2. The minimum Gasteiger partial charge on any atom is -0.373 e. The van der Waals surface area contributed by atoms with Crippen molar-refractivity contribution < 1.29 is 9.53 Å². The Morgan fingerprint density at radius 2 is 2.27 bits per heavy atom. The summed E-state index contributed by atoms with van der Waals surface area (Å²) in [5.41, 5.74) is 5.37. The third kappa shape index (κ3) is 2.69. The molecule has 3 N–H and O–H groups in total. The van der Waals surface area contributed by atoms with Gasteiger partial charge in [-0.05, 0) is 33.1 Å². The summed E-state index contributed by atoms with van der Waals surface area (Å²) >= 11 is 0. The number of carbonyl (C=O) groups is 1. The van der Waals surface area contributed by atoms with Gasteiger partial charge in [-0.15, -0.1) is 0 Å². The van der Waals surface area contributed by atoms with Crippen molar-refractivity contribution in [2.45, 2.75) is 63.3 Å². The van der Waals surface area contributed by atoms with Crippen LogP contribution in [-0.4, -0.2) is 29.7 Å². The first kappa shape index (κ1) is 10.9. The van der Waals surface area contributed by atoms with Gasteiger partial charge < -0.3 is 15.8 Å². The Morgan fingerprint density at radius 3 is 2.73 bits per heavy atom. The molecule has 2 rings (SSSR count). The molecule has 0 spiro atoms. The first-order valence-electron chi connectivity index (χ1n) is 5.68. The van der Waals surface area contributed by atoms with E-state index in [1.165, 1.54) is 0 Å². The van der Waals surface area contributed by atoms with E-state index in [0.29, 0.717) is 12.5 Å². The van der Waals surface area contributed by atoms with Gasteiger partial charge in [0.15, 0.2) is 0 Å². The number of amides is 1. The number of nitrogens with two attached hydrogens (primary N) is 1. The molecule has 2 heterocycles. The van der Waals surface area contributed by atoms with Crippen molar-refractivity contribution in [2.24, 2.45) is 5.73 Å². The van der Waals surface area contributed by atoms with Crippen LogP contribution in [0.25, 0.3) is 0 Å². The molecule has 86 valence electrons. The van der Waals surface area contributed by atoms with Gasteiger partial charge in [0.05, 0.1) is 18.2 Å². The molecule has 2 bridgehead atoms. The molecule has 4 heteroatoms. The first-order chi connectivity index (χ1) is 6.94. The Kier molecular flexibility index (Phi) is 2.73. The molecule has 2 aliphatic heterocycles. The van der Waals surface area contributed by atoms with Gasteiger partial charge in [-0.3, -0.25) is 4.79 Å². The maximum atomic E-state index is 11.6. The van der Waals surface area contributed by atoms with Crippen molar-refractivity contribution in [1.82, 2.24) is 5.32 Å². The molecule has 0 aromatic heterocycles. The zero-order valence-corrected chi connectivity index (χ0v) is 9.45. The molecule has 3 atom stereocenters. The summed E-state index contributed by atoms with van der Waals surface area (Å²) in [5.74, 6) is 0.0450. The third-order valence-corrected chi connectivity index (χ3v) is 3.07. The van der Waals surface area contributed by atoms with E-state index in [1.54, 1.807) is 0 Å². The van der Waals surface area contributed by atoms with Crippen LogP contribution in [0.5, 0.6) is 0 Å². The number of rotatable bonds is 3.